The van der Waals surface area contributed by atoms with Crippen LogP contribution in [-0.2, 0) is 0 Å². The van der Waals surface area contributed by atoms with E-state index in [2.05, 4.69) is 4.98 Å². The number of pyridine rings is 1. The van der Waals surface area contributed by atoms with Crippen molar-refractivity contribution in [3.05, 3.63) is 58.0 Å². The molecule has 0 fully saturated rings. The molecule has 2 rings (SSSR count). The molecule has 1 aromatic carbocycles. The van der Waals surface area contributed by atoms with Gasteiger partial charge in [-0.25, -0.2) is 14.2 Å². The van der Waals surface area contributed by atoms with Crippen LogP contribution >= 0.6 is 11.8 Å². The number of aromatic nitrogens is 1. The normalized spacial score (nSPS) is 10.2. The van der Waals surface area contributed by atoms with Crippen molar-refractivity contribution in [2.75, 3.05) is 0 Å². The first-order chi connectivity index (χ1) is 9.47. The van der Waals surface area contributed by atoms with E-state index in [-0.39, 0.29) is 21.2 Å². The van der Waals surface area contributed by atoms with Crippen LogP contribution in [0.2, 0.25) is 0 Å². The number of nitro groups is 1. The third kappa shape index (κ3) is 3.09. The van der Waals surface area contributed by atoms with Gasteiger partial charge >= 0.3 is 5.97 Å². The summed E-state index contributed by atoms with van der Waals surface area (Å²) in [5.74, 6) is -1.80. The number of rotatable bonds is 4. The molecule has 0 unspecified atom stereocenters. The number of halogens is 1. The molecule has 6 nitrogen and oxygen atoms in total. The fourth-order valence-electron chi connectivity index (χ4n) is 1.40. The van der Waals surface area contributed by atoms with E-state index >= 15 is 0 Å². The van der Waals surface area contributed by atoms with Crippen molar-refractivity contribution < 1.29 is 19.2 Å². The van der Waals surface area contributed by atoms with Gasteiger partial charge in [0.1, 0.15) is 10.8 Å². The van der Waals surface area contributed by atoms with Crippen molar-refractivity contribution in [1.82, 2.24) is 4.98 Å². The lowest BCUT2D eigenvalue weighted by Gasteiger charge is -2.03. The third-order valence-corrected chi connectivity index (χ3v) is 3.29. The molecule has 1 N–H and O–H groups in total. The van der Waals surface area contributed by atoms with Gasteiger partial charge < -0.3 is 5.11 Å². The topological polar surface area (TPSA) is 93.3 Å². The first-order valence-corrected chi connectivity index (χ1v) is 6.10. The summed E-state index contributed by atoms with van der Waals surface area (Å²) >= 11 is 0.823. The molecule has 0 atom stereocenters. The number of aromatic carboxylic acids is 1. The predicted molar refractivity (Wildman–Crippen MR) is 68.4 cm³/mol. The zero-order valence-electron chi connectivity index (χ0n) is 9.82. The van der Waals surface area contributed by atoms with Gasteiger partial charge in [0.05, 0.1) is 15.4 Å². The summed E-state index contributed by atoms with van der Waals surface area (Å²) < 4.78 is 13.6. The highest BCUT2D eigenvalue weighted by Gasteiger charge is 2.12. The van der Waals surface area contributed by atoms with Crippen LogP contribution in [0.1, 0.15) is 10.4 Å². The molecule has 0 spiro atoms. The Hall–Kier alpha value is -2.48. The molecule has 1 heterocycles. The maximum atomic E-state index is 13.6. The first kappa shape index (κ1) is 13.9. The highest BCUT2D eigenvalue weighted by Crippen LogP contribution is 2.30. The van der Waals surface area contributed by atoms with Crippen LogP contribution < -0.4 is 0 Å². The van der Waals surface area contributed by atoms with E-state index in [1.807, 2.05) is 0 Å². The van der Waals surface area contributed by atoms with Crippen LogP contribution in [0.15, 0.2) is 46.5 Å². The zero-order valence-corrected chi connectivity index (χ0v) is 10.6. The number of carboxylic acid groups (broad SMARTS) is 1. The molecule has 0 bridgehead atoms. The monoisotopic (exact) mass is 294 g/mol. The number of nitrogens with zero attached hydrogens (tertiary/aromatic N) is 2. The summed E-state index contributed by atoms with van der Waals surface area (Å²) in [5, 5.41) is 19.7. The minimum absolute atomic E-state index is 0.0397. The van der Waals surface area contributed by atoms with Gasteiger partial charge in [-0.3, -0.25) is 10.1 Å². The largest absolute Gasteiger partial charge is 0.478 e. The van der Waals surface area contributed by atoms with Gasteiger partial charge in [-0.15, -0.1) is 0 Å². The van der Waals surface area contributed by atoms with Crippen molar-refractivity contribution in [2.24, 2.45) is 0 Å². The molecule has 102 valence electrons. The Morgan fingerprint density at radius 1 is 1.35 bits per heavy atom. The number of hydrogen-bond donors (Lipinski definition) is 1. The van der Waals surface area contributed by atoms with Crippen molar-refractivity contribution in [2.45, 2.75) is 9.92 Å². The Morgan fingerprint density at radius 2 is 2.10 bits per heavy atom. The molecule has 1 aromatic heterocycles. The van der Waals surface area contributed by atoms with Crippen molar-refractivity contribution in [1.29, 1.82) is 0 Å². The second-order valence-corrected chi connectivity index (χ2v) is 4.72. The third-order valence-electron chi connectivity index (χ3n) is 2.32. The van der Waals surface area contributed by atoms with Crippen molar-refractivity contribution >= 4 is 23.4 Å². The van der Waals surface area contributed by atoms with Gasteiger partial charge in [0, 0.05) is 18.3 Å². The van der Waals surface area contributed by atoms with E-state index in [1.54, 1.807) is 0 Å². The Labute approximate surface area is 116 Å². The van der Waals surface area contributed by atoms with Gasteiger partial charge in [-0.1, -0.05) is 11.8 Å². The lowest BCUT2D eigenvalue weighted by Crippen LogP contribution is -1.97. The molecule has 0 aliphatic heterocycles. The summed E-state index contributed by atoms with van der Waals surface area (Å²) in [7, 11) is 0. The summed E-state index contributed by atoms with van der Waals surface area (Å²) in [6, 6.07) is 5.74. The Balaban J connectivity index is 2.34. The summed E-state index contributed by atoms with van der Waals surface area (Å²) in [6.45, 7) is 0. The molecule has 0 radical (unpaired) electrons. The maximum absolute atomic E-state index is 13.6. The Bertz CT molecular complexity index is 693. The van der Waals surface area contributed by atoms with Gasteiger partial charge in [0.25, 0.3) is 5.69 Å². The minimum Gasteiger partial charge on any atom is -0.478 e. The first-order valence-electron chi connectivity index (χ1n) is 5.28. The highest BCUT2D eigenvalue weighted by molar-refractivity contribution is 7.99. The van der Waals surface area contributed by atoms with E-state index in [4.69, 9.17) is 5.11 Å². The molecule has 0 aliphatic carbocycles. The minimum atomic E-state index is -1.18. The predicted octanol–water partition coefficient (Wildman–Crippen LogP) is 2.98. The molecule has 0 saturated carbocycles. The molecule has 0 aliphatic rings. The maximum Gasteiger partial charge on any atom is 0.335 e. The number of carbonyl (C=O) groups is 1. The molecular weight excluding hydrogens is 287 g/mol. The smallest absolute Gasteiger partial charge is 0.335 e. The zero-order chi connectivity index (χ0) is 14.7. The van der Waals surface area contributed by atoms with Crippen molar-refractivity contribution in [3.8, 4) is 0 Å². The summed E-state index contributed by atoms with van der Waals surface area (Å²) in [6.07, 6.45) is 1.24. The summed E-state index contributed by atoms with van der Waals surface area (Å²) in [5.41, 5.74) is -0.239. The SMILES string of the molecule is O=C(O)c1ccc(F)c(Sc2cc([N+](=O)[O-])ccn2)c1. The molecule has 20 heavy (non-hydrogen) atoms. The number of hydrogen-bond acceptors (Lipinski definition) is 5. The van der Waals surface area contributed by atoms with Crippen LogP contribution in [0.5, 0.6) is 0 Å². The molecular formula is C12H7FN2O4S. The van der Waals surface area contributed by atoms with Crippen LogP contribution in [0, 0.1) is 15.9 Å². The lowest BCUT2D eigenvalue weighted by molar-refractivity contribution is -0.385. The standard InChI is InChI=1S/C12H7FN2O4S/c13-9-2-1-7(12(16)17)5-10(9)20-11-6-8(15(18)19)3-4-14-11/h1-6H,(H,16,17). The second-order valence-electron chi connectivity index (χ2n) is 3.66. The van der Waals surface area contributed by atoms with E-state index in [0.717, 1.165) is 30.0 Å². The van der Waals surface area contributed by atoms with E-state index in [1.165, 1.54) is 18.3 Å². The van der Waals surface area contributed by atoms with Gasteiger partial charge in [-0.05, 0) is 18.2 Å². The number of benzene rings is 1. The molecule has 8 heteroatoms. The van der Waals surface area contributed by atoms with Gasteiger partial charge in [-0.2, -0.15) is 0 Å². The van der Waals surface area contributed by atoms with Crippen LogP contribution in [-0.4, -0.2) is 21.0 Å². The lowest BCUT2D eigenvalue weighted by atomic mass is 10.2. The average molecular weight is 294 g/mol. The van der Waals surface area contributed by atoms with E-state index in [0.29, 0.717) is 0 Å². The van der Waals surface area contributed by atoms with Crippen LogP contribution in [0.4, 0.5) is 10.1 Å². The summed E-state index contributed by atoms with van der Waals surface area (Å²) in [4.78, 5) is 24.8. The fourth-order valence-corrected chi connectivity index (χ4v) is 2.27. The van der Waals surface area contributed by atoms with E-state index < -0.39 is 16.7 Å². The molecule has 2 aromatic rings. The van der Waals surface area contributed by atoms with Gasteiger partial charge in [0.15, 0.2) is 0 Å². The van der Waals surface area contributed by atoms with E-state index in [9.17, 15) is 19.3 Å². The number of carboxylic acids is 1. The average Bonchev–Trinajstić information content (AvgIpc) is 2.41. The Kier molecular flexibility index (Phi) is 3.94. The van der Waals surface area contributed by atoms with Crippen LogP contribution in [0.25, 0.3) is 0 Å². The fraction of sp³-hybridized carbons (Fsp3) is 0. The van der Waals surface area contributed by atoms with Gasteiger partial charge in [0.2, 0.25) is 0 Å². The van der Waals surface area contributed by atoms with Crippen molar-refractivity contribution in [3.63, 3.8) is 0 Å². The van der Waals surface area contributed by atoms with Crippen LogP contribution in [0.3, 0.4) is 0 Å². The highest BCUT2D eigenvalue weighted by atomic mass is 32.2. The molecule has 0 saturated heterocycles. The quantitative estimate of drug-likeness (QED) is 0.688. The second kappa shape index (κ2) is 5.66. The molecule has 0 amide bonds. The Morgan fingerprint density at radius 3 is 2.75 bits per heavy atom.